The fourth-order valence-electron chi connectivity index (χ4n) is 4.53. The first-order chi connectivity index (χ1) is 15.4. The zero-order chi connectivity index (χ0) is 22.7. The molecule has 0 bridgehead atoms. The Balaban J connectivity index is 1.31. The van der Waals surface area contributed by atoms with Gasteiger partial charge >= 0.3 is 0 Å². The molecule has 0 N–H and O–H groups in total. The van der Waals surface area contributed by atoms with Gasteiger partial charge in [-0.15, -0.1) is 0 Å². The second-order valence-electron chi connectivity index (χ2n) is 9.06. The van der Waals surface area contributed by atoms with E-state index in [0.29, 0.717) is 30.7 Å². The average molecular weight is 459 g/mol. The van der Waals surface area contributed by atoms with Crippen molar-refractivity contribution in [2.24, 2.45) is 0 Å². The second-order valence-corrected chi connectivity index (χ2v) is 9.47. The van der Waals surface area contributed by atoms with Gasteiger partial charge in [0, 0.05) is 54.9 Å². The zero-order valence-electron chi connectivity index (χ0n) is 19.6. The molecule has 0 aliphatic carbocycles. The predicted molar refractivity (Wildman–Crippen MR) is 130 cm³/mol. The third-order valence-corrected chi connectivity index (χ3v) is 6.85. The lowest BCUT2D eigenvalue weighted by molar-refractivity contribution is -0.181. The molecule has 0 aromatic heterocycles. The van der Waals surface area contributed by atoms with Crippen LogP contribution in [-0.4, -0.2) is 56.4 Å². The SMILES string of the molecule is CC[C@]1(c2ccc(C)cc2Cl)OCC(COc2ccc(N3CCN(C(C)C)CC3)cc2)O1. The van der Waals surface area contributed by atoms with E-state index in [9.17, 15) is 0 Å². The number of nitrogens with zero attached hydrogens (tertiary/aromatic N) is 2. The fourth-order valence-corrected chi connectivity index (χ4v) is 4.91. The van der Waals surface area contributed by atoms with E-state index in [4.69, 9.17) is 25.8 Å². The number of ether oxygens (including phenoxy) is 3. The topological polar surface area (TPSA) is 34.2 Å². The van der Waals surface area contributed by atoms with Crippen LogP contribution in [0, 0.1) is 6.92 Å². The highest BCUT2D eigenvalue weighted by Gasteiger charge is 2.43. The molecule has 2 aliphatic heterocycles. The van der Waals surface area contributed by atoms with Crippen LogP contribution in [-0.2, 0) is 15.3 Å². The highest BCUT2D eigenvalue weighted by Crippen LogP contribution is 2.41. The van der Waals surface area contributed by atoms with Crippen LogP contribution in [0.15, 0.2) is 42.5 Å². The summed E-state index contributed by atoms with van der Waals surface area (Å²) in [5, 5.41) is 0.679. The standard InChI is InChI=1S/C26H35ClN2O3/c1-5-26(24-11-6-20(4)16-25(24)27)31-18-23(32-26)17-30-22-9-7-21(8-10-22)29-14-12-28(13-15-29)19(2)3/h6-11,16,19,23H,5,12-15,17-18H2,1-4H3/t23?,26-/m0/s1. The molecule has 174 valence electrons. The molecule has 1 unspecified atom stereocenters. The molecule has 5 nitrogen and oxygen atoms in total. The normalized spacial score (nSPS) is 24.3. The highest BCUT2D eigenvalue weighted by atomic mass is 35.5. The van der Waals surface area contributed by atoms with Crippen LogP contribution in [0.1, 0.15) is 38.3 Å². The van der Waals surface area contributed by atoms with Crippen molar-refractivity contribution in [3.8, 4) is 5.75 Å². The van der Waals surface area contributed by atoms with Crippen molar-refractivity contribution in [3.05, 3.63) is 58.6 Å². The number of hydrogen-bond acceptors (Lipinski definition) is 5. The van der Waals surface area contributed by atoms with Gasteiger partial charge in [-0.25, -0.2) is 0 Å². The van der Waals surface area contributed by atoms with Gasteiger partial charge in [0.05, 0.1) is 6.61 Å². The summed E-state index contributed by atoms with van der Waals surface area (Å²) in [5.74, 6) is 0.0430. The number of anilines is 1. The molecule has 4 rings (SSSR count). The first-order valence-electron chi connectivity index (χ1n) is 11.7. The summed E-state index contributed by atoms with van der Waals surface area (Å²) < 4.78 is 18.5. The van der Waals surface area contributed by atoms with Crippen molar-refractivity contribution in [3.63, 3.8) is 0 Å². The molecule has 2 aromatic rings. The molecule has 0 radical (unpaired) electrons. The summed E-state index contributed by atoms with van der Waals surface area (Å²) in [6, 6.07) is 15.0. The minimum atomic E-state index is -0.805. The van der Waals surface area contributed by atoms with E-state index in [1.807, 2.05) is 37.3 Å². The van der Waals surface area contributed by atoms with E-state index in [1.165, 1.54) is 5.69 Å². The Hall–Kier alpha value is -1.79. The van der Waals surface area contributed by atoms with Gasteiger partial charge in [-0.3, -0.25) is 4.90 Å². The third kappa shape index (κ3) is 5.07. The van der Waals surface area contributed by atoms with Crippen LogP contribution in [0.25, 0.3) is 0 Å². The first kappa shape index (κ1) is 23.4. The van der Waals surface area contributed by atoms with Crippen molar-refractivity contribution < 1.29 is 14.2 Å². The number of aryl methyl sites for hydroxylation is 1. The van der Waals surface area contributed by atoms with E-state index in [-0.39, 0.29) is 6.10 Å². The van der Waals surface area contributed by atoms with E-state index in [2.05, 4.69) is 42.7 Å². The second kappa shape index (κ2) is 10.0. The quantitative estimate of drug-likeness (QED) is 0.567. The van der Waals surface area contributed by atoms with Gasteiger partial charge in [-0.2, -0.15) is 0 Å². The Morgan fingerprint density at radius 3 is 2.44 bits per heavy atom. The summed E-state index contributed by atoms with van der Waals surface area (Å²) in [5.41, 5.74) is 3.25. The van der Waals surface area contributed by atoms with E-state index in [0.717, 1.165) is 43.1 Å². The summed E-state index contributed by atoms with van der Waals surface area (Å²) in [7, 11) is 0. The molecule has 2 aliphatic rings. The maximum Gasteiger partial charge on any atom is 0.196 e. The van der Waals surface area contributed by atoms with Crippen molar-refractivity contribution in [2.45, 2.75) is 52.0 Å². The van der Waals surface area contributed by atoms with E-state index in [1.54, 1.807) is 0 Å². The molecule has 2 aromatic carbocycles. The molecule has 6 heteroatoms. The first-order valence-corrected chi connectivity index (χ1v) is 12.1. The molecule has 32 heavy (non-hydrogen) atoms. The Morgan fingerprint density at radius 1 is 1.09 bits per heavy atom. The summed E-state index contributed by atoms with van der Waals surface area (Å²) >= 11 is 6.50. The lowest BCUT2D eigenvalue weighted by Gasteiger charge is -2.38. The average Bonchev–Trinajstić information content (AvgIpc) is 3.22. The molecule has 0 amide bonds. The van der Waals surface area contributed by atoms with Crippen LogP contribution < -0.4 is 9.64 Å². The molecule has 2 atom stereocenters. The fraction of sp³-hybridized carbons (Fsp3) is 0.538. The summed E-state index contributed by atoms with van der Waals surface area (Å²) in [6.07, 6.45) is 0.543. The van der Waals surface area contributed by atoms with Crippen molar-refractivity contribution in [2.75, 3.05) is 44.3 Å². The van der Waals surface area contributed by atoms with Crippen molar-refractivity contribution >= 4 is 17.3 Å². The Morgan fingerprint density at radius 2 is 1.81 bits per heavy atom. The van der Waals surface area contributed by atoms with Crippen LogP contribution in [0.5, 0.6) is 5.75 Å². The van der Waals surface area contributed by atoms with Gasteiger partial charge in [-0.1, -0.05) is 30.7 Å². The van der Waals surface area contributed by atoms with Crippen LogP contribution in [0.3, 0.4) is 0 Å². The summed E-state index contributed by atoms with van der Waals surface area (Å²) in [6.45, 7) is 13.9. The van der Waals surface area contributed by atoms with Gasteiger partial charge in [0.2, 0.25) is 0 Å². The highest BCUT2D eigenvalue weighted by molar-refractivity contribution is 6.31. The maximum atomic E-state index is 6.50. The number of piperazine rings is 1. The smallest absolute Gasteiger partial charge is 0.196 e. The Kier molecular flexibility index (Phi) is 7.30. The Labute approximate surface area is 197 Å². The zero-order valence-corrected chi connectivity index (χ0v) is 20.4. The van der Waals surface area contributed by atoms with Crippen LogP contribution in [0.4, 0.5) is 5.69 Å². The largest absolute Gasteiger partial charge is 0.491 e. The van der Waals surface area contributed by atoms with Gasteiger partial charge in [0.25, 0.3) is 0 Å². The number of rotatable bonds is 7. The van der Waals surface area contributed by atoms with Gasteiger partial charge in [0.1, 0.15) is 18.5 Å². The van der Waals surface area contributed by atoms with E-state index < -0.39 is 5.79 Å². The molecule has 0 spiro atoms. The summed E-state index contributed by atoms with van der Waals surface area (Å²) in [4.78, 5) is 4.97. The van der Waals surface area contributed by atoms with Gasteiger partial charge in [0.15, 0.2) is 5.79 Å². The Bertz CT molecular complexity index is 896. The molecule has 2 fully saturated rings. The predicted octanol–water partition coefficient (Wildman–Crippen LogP) is 5.24. The molecular weight excluding hydrogens is 424 g/mol. The number of halogens is 1. The third-order valence-electron chi connectivity index (χ3n) is 6.54. The van der Waals surface area contributed by atoms with Gasteiger partial charge < -0.3 is 19.1 Å². The maximum absolute atomic E-state index is 6.50. The number of benzene rings is 2. The van der Waals surface area contributed by atoms with Crippen molar-refractivity contribution in [1.29, 1.82) is 0 Å². The number of hydrogen-bond donors (Lipinski definition) is 0. The van der Waals surface area contributed by atoms with Crippen LogP contribution >= 0.6 is 11.6 Å². The van der Waals surface area contributed by atoms with Gasteiger partial charge in [-0.05, 0) is 56.7 Å². The lowest BCUT2D eigenvalue weighted by atomic mass is 10.0. The molecule has 0 saturated carbocycles. The molecular formula is C26H35ClN2O3. The minimum absolute atomic E-state index is 0.142. The minimum Gasteiger partial charge on any atom is -0.491 e. The monoisotopic (exact) mass is 458 g/mol. The lowest BCUT2D eigenvalue weighted by Crippen LogP contribution is -2.48. The van der Waals surface area contributed by atoms with Crippen molar-refractivity contribution in [1.82, 2.24) is 4.90 Å². The van der Waals surface area contributed by atoms with Crippen LogP contribution in [0.2, 0.25) is 5.02 Å². The molecule has 2 saturated heterocycles. The van der Waals surface area contributed by atoms with E-state index >= 15 is 0 Å². The molecule has 2 heterocycles.